The van der Waals surface area contributed by atoms with Crippen molar-refractivity contribution in [3.05, 3.63) is 58.0 Å². The number of furan rings is 1. The van der Waals surface area contributed by atoms with Gasteiger partial charge in [-0.25, -0.2) is 0 Å². The number of oxazole rings is 1. The Morgan fingerprint density at radius 3 is 2.76 bits per heavy atom. The van der Waals surface area contributed by atoms with Crippen molar-refractivity contribution in [2.45, 2.75) is 5.75 Å². The Balaban J connectivity index is 1.30. The van der Waals surface area contributed by atoms with E-state index >= 15 is 0 Å². The minimum absolute atomic E-state index is 0.0120. The molecule has 1 aliphatic heterocycles. The number of aromatic nitrogens is 1. The van der Waals surface area contributed by atoms with E-state index in [0.717, 1.165) is 5.56 Å². The van der Waals surface area contributed by atoms with Gasteiger partial charge in [-0.15, -0.1) is 11.8 Å². The third kappa shape index (κ3) is 4.99. The SMILES string of the molecule is COc1ccc(CSCC(=O)N2CCN(c3oc(-c4ccco4)nc3C#N)CC2)cc1[N+](=O)[O-]. The fraction of sp³-hybridized carbons (Fsp3) is 0.318. The third-order valence-electron chi connectivity index (χ3n) is 5.30. The van der Waals surface area contributed by atoms with Gasteiger partial charge in [-0.05, 0) is 23.8 Å². The monoisotopic (exact) mass is 483 g/mol. The molecule has 0 saturated carbocycles. The van der Waals surface area contributed by atoms with Crippen molar-refractivity contribution in [2.24, 2.45) is 0 Å². The Morgan fingerprint density at radius 1 is 1.32 bits per heavy atom. The number of nitriles is 1. The number of nitro groups is 1. The van der Waals surface area contributed by atoms with E-state index in [4.69, 9.17) is 13.6 Å². The van der Waals surface area contributed by atoms with Crippen molar-refractivity contribution in [1.82, 2.24) is 9.88 Å². The lowest BCUT2D eigenvalue weighted by atomic mass is 10.2. The van der Waals surface area contributed by atoms with Crippen LogP contribution in [0.25, 0.3) is 11.7 Å². The average Bonchev–Trinajstić information content (AvgIpc) is 3.54. The van der Waals surface area contributed by atoms with Crippen LogP contribution >= 0.6 is 11.8 Å². The van der Waals surface area contributed by atoms with E-state index < -0.39 is 4.92 Å². The van der Waals surface area contributed by atoms with E-state index in [0.29, 0.717) is 43.6 Å². The van der Waals surface area contributed by atoms with Gasteiger partial charge in [0.05, 0.1) is 24.0 Å². The maximum absolute atomic E-state index is 12.6. The van der Waals surface area contributed by atoms with E-state index in [1.807, 2.05) is 11.0 Å². The molecule has 3 heterocycles. The molecule has 1 saturated heterocycles. The predicted octanol–water partition coefficient (Wildman–Crippen LogP) is 3.31. The van der Waals surface area contributed by atoms with Crippen LogP contribution in [0.1, 0.15) is 11.3 Å². The number of carbonyl (C=O) groups excluding carboxylic acids is 1. The van der Waals surface area contributed by atoms with E-state index in [2.05, 4.69) is 4.98 Å². The van der Waals surface area contributed by atoms with Crippen LogP contribution in [0.5, 0.6) is 5.75 Å². The minimum atomic E-state index is -0.485. The largest absolute Gasteiger partial charge is 0.490 e. The summed E-state index contributed by atoms with van der Waals surface area (Å²) < 4.78 is 16.1. The van der Waals surface area contributed by atoms with E-state index in [1.54, 1.807) is 29.2 Å². The lowest BCUT2D eigenvalue weighted by Crippen LogP contribution is -2.49. The highest BCUT2D eigenvalue weighted by Crippen LogP contribution is 2.30. The fourth-order valence-corrected chi connectivity index (χ4v) is 4.45. The van der Waals surface area contributed by atoms with Crippen molar-refractivity contribution >= 4 is 29.2 Å². The highest BCUT2D eigenvalue weighted by atomic mass is 32.2. The molecule has 11 nitrogen and oxygen atoms in total. The minimum Gasteiger partial charge on any atom is -0.490 e. The quantitative estimate of drug-likeness (QED) is 0.346. The van der Waals surface area contributed by atoms with Gasteiger partial charge in [-0.2, -0.15) is 10.2 Å². The Kier molecular flexibility index (Phi) is 7.03. The van der Waals surface area contributed by atoms with Gasteiger partial charge in [-0.1, -0.05) is 6.07 Å². The Labute approximate surface area is 199 Å². The first-order valence-corrected chi connectivity index (χ1v) is 11.5. The number of ether oxygens (including phenoxy) is 1. The molecule has 1 fully saturated rings. The van der Waals surface area contributed by atoms with Crippen LogP contribution in [-0.4, -0.2) is 59.8 Å². The number of thioether (sulfide) groups is 1. The number of benzene rings is 1. The van der Waals surface area contributed by atoms with Crippen LogP contribution in [0.15, 0.2) is 45.4 Å². The molecular weight excluding hydrogens is 462 g/mol. The molecular formula is C22H21N5O6S. The average molecular weight is 484 g/mol. The number of rotatable bonds is 8. The molecule has 12 heteroatoms. The molecule has 1 amide bonds. The summed E-state index contributed by atoms with van der Waals surface area (Å²) in [5, 5.41) is 20.6. The number of carbonyl (C=O) groups is 1. The number of anilines is 1. The van der Waals surface area contributed by atoms with Crippen molar-refractivity contribution in [3.63, 3.8) is 0 Å². The maximum Gasteiger partial charge on any atom is 0.311 e. The molecule has 2 aromatic heterocycles. The normalized spacial score (nSPS) is 13.5. The molecule has 0 aliphatic carbocycles. The zero-order valence-electron chi connectivity index (χ0n) is 18.3. The molecule has 0 N–H and O–H groups in total. The Bertz CT molecular complexity index is 1210. The van der Waals surface area contributed by atoms with E-state index in [1.165, 1.54) is 31.2 Å². The number of hydrogen-bond donors (Lipinski definition) is 0. The van der Waals surface area contributed by atoms with E-state index in [-0.39, 0.29) is 34.7 Å². The summed E-state index contributed by atoms with van der Waals surface area (Å²) in [6.45, 7) is 1.97. The number of hydrogen-bond acceptors (Lipinski definition) is 10. The van der Waals surface area contributed by atoms with Crippen LogP contribution in [0, 0.1) is 21.4 Å². The van der Waals surface area contributed by atoms with Gasteiger partial charge in [0.25, 0.3) is 5.89 Å². The topological polar surface area (TPSA) is 139 Å². The van der Waals surface area contributed by atoms with E-state index in [9.17, 15) is 20.2 Å². The third-order valence-corrected chi connectivity index (χ3v) is 6.29. The molecule has 1 aliphatic rings. The molecule has 4 rings (SSSR count). The van der Waals surface area contributed by atoms with Gasteiger partial charge in [0.15, 0.2) is 11.5 Å². The second kappa shape index (κ2) is 10.3. The van der Waals surface area contributed by atoms with Gasteiger partial charge in [0.2, 0.25) is 17.5 Å². The molecule has 3 aromatic rings. The van der Waals surface area contributed by atoms with Crippen LogP contribution in [-0.2, 0) is 10.5 Å². The zero-order valence-corrected chi connectivity index (χ0v) is 19.1. The Morgan fingerprint density at radius 2 is 2.12 bits per heavy atom. The molecule has 0 atom stereocenters. The second-order valence-corrected chi connectivity index (χ2v) is 8.37. The first kappa shape index (κ1) is 23.2. The summed E-state index contributed by atoms with van der Waals surface area (Å²) in [7, 11) is 1.39. The summed E-state index contributed by atoms with van der Waals surface area (Å²) in [6.07, 6.45) is 1.50. The van der Waals surface area contributed by atoms with Crippen LogP contribution in [0.2, 0.25) is 0 Å². The van der Waals surface area contributed by atoms with Crippen LogP contribution in [0.4, 0.5) is 11.6 Å². The molecule has 0 unspecified atom stereocenters. The standard InChI is InChI=1S/C22H21N5O6S/c1-31-18-5-4-15(11-17(18)27(29)30)13-34-14-20(28)25-6-8-26(9-7-25)22-16(12-23)24-21(33-22)19-3-2-10-32-19/h2-5,10-11H,6-9,13-14H2,1H3. The predicted molar refractivity (Wildman–Crippen MR) is 124 cm³/mol. The van der Waals surface area contributed by atoms with Crippen LogP contribution < -0.4 is 9.64 Å². The van der Waals surface area contributed by atoms with Gasteiger partial charge in [0.1, 0.15) is 6.07 Å². The maximum atomic E-state index is 12.6. The highest BCUT2D eigenvalue weighted by molar-refractivity contribution is 7.99. The van der Waals surface area contributed by atoms with Crippen molar-refractivity contribution < 1.29 is 23.3 Å². The van der Waals surface area contributed by atoms with Gasteiger partial charge < -0.3 is 23.4 Å². The summed E-state index contributed by atoms with van der Waals surface area (Å²) in [4.78, 5) is 31.2. The van der Waals surface area contributed by atoms with Crippen molar-refractivity contribution in [2.75, 3.05) is 43.9 Å². The molecule has 34 heavy (non-hydrogen) atoms. The van der Waals surface area contributed by atoms with Gasteiger partial charge in [0, 0.05) is 38.0 Å². The van der Waals surface area contributed by atoms with Crippen molar-refractivity contribution in [3.8, 4) is 23.5 Å². The summed E-state index contributed by atoms with van der Waals surface area (Å²) in [5.74, 6) is 1.97. The molecule has 1 aromatic carbocycles. The first-order chi connectivity index (χ1) is 16.5. The molecule has 176 valence electrons. The number of amides is 1. The molecule has 0 spiro atoms. The lowest BCUT2D eigenvalue weighted by Gasteiger charge is -2.34. The van der Waals surface area contributed by atoms with Gasteiger partial charge in [-0.3, -0.25) is 14.9 Å². The fourth-order valence-electron chi connectivity index (χ4n) is 3.58. The molecule has 0 bridgehead atoms. The number of nitrogens with zero attached hydrogens (tertiary/aromatic N) is 5. The van der Waals surface area contributed by atoms with Gasteiger partial charge >= 0.3 is 5.69 Å². The highest BCUT2D eigenvalue weighted by Gasteiger charge is 2.27. The summed E-state index contributed by atoms with van der Waals surface area (Å²) in [5.41, 5.74) is 0.828. The second-order valence-electron chi connectivity index (χ2n) is 7.39. The first-order valence-electron chi connectivity index (χ1n) is 10.4. The number of piperazine rings is 1. The van der Waals surface area contributed by atoms with Crippen molar-refractivity contribution in [1.29, 1.82) is 5.26 Å². The Hall–Kier alpha value is -3.98. The molecule has 0 radical (unpaired) electrons. The smallest absolute Gasteiger partial charge is 0.311 e. The lowest BCUT2D eigenvalue weighted by molar-refractivity contribution is -0.385. The number of methoxy groups -OCH3 is 1. The zero-order chi connectivity index (χ0) is 24.1. The number of nitro benzene ring substituents is 1. The van der Waals surface area contributed by atoms with Crippen LogP contribution in [0.3, 0.4) is 0 Å². The summed E-state index contributed by atoms with van der Waals surface area (Å²) >= 11 is 1.40. The summed E-state index contributed by atoms with van der Waals surface area (Å²) in [6, 6.07) is 10.2.